The summed E-state index contributed by atoms with van der Waals surface area (Å²) in [6.45, 7) is 4.88. The Kier molecular flexibility index (Phi) is 3.45. The average molecular weight is 239 g/mol. The largest absolute Gasteiger partial charge is 0.360 e. The van der Waals surface area contributed by atoms with Crippen molar-refractivity contribution in [2.45, 2.75) is 26.2 Å². The van der Waals surface area contributed by atoms with E-state index in [1.807, 2.05) is 0 Å². The molecule has 86 valence electrons. The van der Waals surface area contributed by atoms with Crippen LogP contribution in [0.25, 0.3) is 0 Å². The molecule has 0 aliphatic carbocycles. The van der Waals surface area contributed by atoms with Crippen LogP contribution in [0.15, 0.2) is 10.9 Å². The summed E-state index contributed by atoms with van der Waals surface area (Å²) < 4.78 is 8.89. The van der Waals surface area contributed by atoms with Gasteiger partial charge in [-0.05, 0) is 0 Å². The fourth-order valence-electron chi connectivity index (χ4n) is 1.12. The zero-order chi connectivity index (χ0) is 11.4. The Labute approximate surface area is 97.3 Å². The van der Waals surface area contributed by atoms with Crippen molar-refractivity contribution in [3.63, 3.8) is 0 Å². The van der Waals surface area contributed by atoms with Crippen molar-refractivity contribution in [1.29, 1.82) is 0 Å². The predicted octanol–water partition coefficient (Wildman–Crippen LogP) is 1.70. The van der Waals surface area contributed by atoms with Crippen LogP contribution in [0, 0.1) is 0 Å². The van der Waals surface area contributed by atoms with Crippen LogP contribution in [0.5, 0.6) is 0 Å². The van der Waals surface area contributed by atoms with Crippen molar-refractivity contribution in [3.8, 4) is 0 Å². The quantitative estimate of drug-likeness (QED) is 0.855. The van der Waals surface area contributed by atoms with Crippen LogP contribution >= 0.6 is 11.5 Å². The van der Waals surface area contributed by atoms with E-state index in [1.165, 1.54) is 17.9 Å². The minimum absolute atomic E-state index is 0.365. The first kappa shape index (κ1) is 11.0. The standard InChI is InChI=1S/C9H13N5OS/c1-6(2)8-12-9(16-14-8)10-4-3-7-11-5-15-13-7/h5-6H,3-4H2,1-2H3,(H,10,12,14). The molecule has 0 aliphatic heterocycles. The van der Waals surface area contributed by atoms with Gasteiger partial charge in [0, 0.05) is 30.4 Å². The van der Waals surface area contributed by atoms with E-state index in [1.54, 1.807) is 0 Å². The van der Waals surface area contributed by atoms with Crippen LogP contribution in [0.3, 0.4) is 0 Å². The lowest BCUT2D eigenvalue weighted by atomic mass is 10.2. The lowest BCUT2D eigenvalue weighted by molar-refractivity contribution is 0.410. The highest BCUT2D eigenvalue weighted by Gasteiger charge is 2.07. The maximum Gasteiger partial charge on any atom is 0.213 e. The van der Waals surface area contributed by atoms with E-state index >= 15 is 0 Å². The van der Waals surface area contributed by atoms with Crippen LogP contribution in [-0.2, 0) is 6.42 Å². The molecule has 0 aliphatic rings. The van der Waals surface area contributed by atoms with Crippen LogP contribution < -0.4 is 5.32 Å². The Balaban J connectivity index is 1.81. The molecule has 6 nitrogen and oxygen atoms in total. The molecule has 2 aromatic rings. The minimum Gasteiger partial charge on any atom is -0.360 e. The third kappa shape index (κ3) is 2.75. The van der Waals surface area contributed by atoms with Gasteiger partial charge in [0.05, 0.1) is 0 Å². The molecule has 0 saturated heterocycles. The van der Waals surface area contributed by atoms with Gasteiger partial charge in [-0.1, -0.05) is 19.0 Å². The Morgan fingerprint density at radius 1 is 1.50 bits per heavy atom. The zero-order valence-corrected chi connectivity index (χ0v) is 9.99. The van der Waals surface area contributed by atoms with Gasteiger partial charge < -0.3 is 9.84 Å². The van der Waals surface area contributed by atoms with Gasteiger partial charge in [-0.3, -0.25) is 0 Å². The molecule has 2 heterocycles. The summed E-state index contributed by atoms with van der Waals surface area (Å²) in [5.74, 6) is 1.94. The van der Waals surface area contributed by atoms with Gasteiger partial charge >= 0.3 is 0 Å². The van der Waals surface area contributed by atoms with Crippen LogP contribution in [-0.4, -0.2) is 26.0 Å². The summed E-state index contributed by atoms with van der Waals surface area (Å²) >= 11 is 1.38. The summed E-state index contributed by atoms with van der Waals surface area (Å²) in [5, 5.41) is 7.74. The Morgan fingerprint density at radius 2 is 2.38 bits per heavy atom. The summed E-state index contributed by atoms with van der Waals surface area (Å²) in [6, 6.07) is 0. The molecule has 2 aromatic heterocycles. The van der Waals surface area contributed by atoms with Crippen molar-refractivity contribution in [3.05, 3.63) is 18.0 Å². The first-order chi connectivity index (χ1) is 7.75. The van der Waals surface area contributed by atoms with Crippen molar-refractivity contribution in [2.24, 2.45) is 0 Å². The van der Waals surface area contributed by atoms with Crippen molar-refractivity contribution < 1.29 is 4.52 Å². The Hall–Kier alpha value is -1.50. The van der Waals surface area contributed by atoms with Crippen LogP contribution in [0.1, 0.15) is 31.4 Å². The van der Waals surface area contributed by atoms with Gasteiger partial charge in [0.15, 0.2) is 5.82 Å². The topological polar surface area (TPSA) is 76.7 Å². The molecule has 0 saturated carbocycles. The number of rotatable bonds is 5. The third-order valence-electron chi connectivity index (χ3n) is 1.99. The van der Waals surface area contributed by atoms with E-state index < -0.39 is 0 Å². The van der Waals surface area contributed by atoms with Crippen molar-refractivity contribution in [1.82, 2.24) is 19.5 Å². The smallest absolute Gasteiger partial charge is 0.213 e. The number of aromatic nitrogens is 4. The molecule has 0 radical (unpaired) electrons. The Bertz CT molecular complexity index is 425. The van der Waals surface area contributed by atoms with Gasteiger partial charge in [-0.25, -0.2) is 4.98 Å². The van der Waals surface area contributed by atoms with Crippen molar-refractivity contribution in [2.75, 3.05) is 11.9 Å². The Morgan fingerprint density at radius 3 is 3.00 bits per heavy atom. The average Bonchev–Trinajstić information content (AvgIpc) is 2.87. The molecule has 0 atom stereocenters. The van der Waals surface area contributed by atoms with Crippen LogP contribution in [0.4, 0.5) is 5.13 Å². The van der Waals surface area contributed by atoms with E-state index in [4.69, 9.17) is 0 Å². The number of anilines is 1. The minimum atomic E-state index is 0.365. The molecule has 1 N–H and O–H groups in total. The number of nitrogens with one attached hydrogen (secondary N) is 1. The second kappa shape index (κ2) is 5.02. The molecule has 0 bridgehead atoms. The number of hydrogen-bond donors (Lipinski definition) is 1. The lowest BCUT2D eigenvalue weighted by Gasteiger charge is -1.98. The van der Waals surface area contributed by atoms with E-state index in [-0.39, 0.29) is 0 Å². The third-order valence-corrected chi connectivity index (χ3v) is 2.68. The molecule has 0 amide bonds. The number of hydrogen-bond acceptors (Lipinski definition) is 7. The van der Waals surface area contributed by atoms with Crippen molar-refractivity contribution >= 4 is 16.7 Å². The maximum absolute atomic E-state index is 4.64. The van der Waals surface area contributed by atoms with E-state index in [0.717, 1.165) is 17.5 Å². The van der Waals surface area contributed by atoms with E-state index in [9.17, 15) is 0 Å². The fourth-order valence-corrected chi connectivity index (χ4v) is 1.86. The van der Waals surface area contributed by atoms with Gasteiger partial charge in [0.25, 0.3) is 0 Å². The number of nitrogens with zero attached hydrogens (tertiary/aromatic N) is 4. The predicted molar refractivity (Wildman–Crippen MR) is 60.5 cm³/mol. The first-order valence-electron chi connectivity index (χ1n) is 5.08. The summed E-state index contributed by atoms with van der Waals surface area (Å²) in [6.07, 6.45) is 2.05. The van der Waals surface area contributed by atoms with Gasteiger partial charge in [-0.15, -0.1) is 0 Å². The summed E-state index contributed by atoms with van der Waals surface area (Å²) in [7, 11) is 0. The van der Waals surface area contributed by atoms with Crippen LogP contribution in [0.2, 0.25) is 0 Å². The molecule has 0 unspecified atom stereocenters. The fraction of sp³-hybridized carbons (Fsp3) is 0.556. The molecular weight excluding hydrogens is 226 g/mol. The molecule has 16 heavy (non-hydrogen) atoms. The van der Waals surface area contributed by atoms with E-state index in [0.29, 0.717) is 18.2 Å². The highest BCUT2D eigenvalue weighted by molar-refractivity contribution is 7.09. The molecule has 0 spiro atoms. The van der Waals surface area contributed by atoms with Gasteiger partial charge in [0.1, 0.15) is 5.82 Å². The SMILES string of the molecule is CC(C)c1nsc(NCCc2ncon2)n1. The monoisotopic (exact) mass is 239 g/mol. The highest BCUT2D eigenvalue weighted by atomic mass is 32.1. The normalized spacial score (nSPS) is 10.9. The highest BCUT2D eigenvalue weighted by Crippen LogP contribution is 2.16. The molecule has 2 rings (SSSR count). The molecular formula is C9H13N5OS. The molecule has 0 aromatic carbocycles. The maximum atomic E-state index is 4.64. The van der Waals surface area contributed by atoms with Gasteiger partial charge in [-0.2, -0.15) is 9.36 Å². The molecule has 7 heteroatoms. The summed E-state index contributed by atoms with van der Waals surface area (Å²) in [4.78, 5) is 8.29. The van der Waals surface area contributed by atoms with Gasteiger partial charge in [0.2, 0.25) is 11.5 Å². The second-order valence-corrected chi connectivity index (χ2v) is 4.39. The molecule has 0 fully saturated rings. The summed E-state index contributed by atoms with van der Waals surface area (Å²) in [5.41, 5.74) is 0. The lowest BCUT2D eigenvalue weighted by Crippen LogP contribution is -2.05. The zero-order valence-electron chi connectivity index (χ0n) is 9.17. The first-order valence-corrected chi connectivity index (χ1v) is 5.86. The van der Waals surface area contributed by atoms with E-state index in [2.05, 4.69) is 43.2 Å². The second-order valence-electron chi connectivity index (χ2n) is 3.64.